The molecule has 0 spiro atoms. The minimum absolute atomic E-state index is 0.114. The molecule has 0 aliphatic carbocycles. The van der Waals surface area contributed by atoms with Gasteiger partial charge in [0.2, 0.25) is 21.8 Å². The highest BCUT2D eigenvalue weighted by Crippen LogP contribution is 2.26. The zero-order valence-electron chi connectivity index (χ0n) is 21.8. The summed E-state index contributed by atoms with van der Waals surface area (Å²) < 4.78 is 33.2. The van der Waals surface area contributed by atoms with Crippen molar-refractivity contribution >= 4 is 43.5 Å². The molecule has 0 aromatic heterocycles. The summed E-state index contributed by atoms with van der Waals surface area (Å²) in [5.74, 6) is 0.338. The predicted molar refractivity (Wildman–Crippen MR) is 153 cm³/mol. The number of ether oxygens (including phenoxy) is 1. The Balaban J connectivity index is 1.86. The van der Waals surface area contributed by atoms with Gasteiger partial charge in [-0.05, 0) is 74.9 Å². The van der Waals surface area contributed by atoms with Crippen molar-refractivity contribution in [3.05, 3.63) is 88.9 Å². The maximum Gasteiger partial charge on any atom is 0.244 e. The van der Waals surface area contributed by atoms with E-state index in [9.17, 15) is 18.0 Å². The molecule has 0 unspecified atom stereocenters. The first kappa shape index (κ1) is 29.2. The van der Waals surface area contributed by atoms with Gasteiger partial charge in [-0.3, -0.25) is 13.9 Å². The van der Waals surface area contributed by atoms with Crippen LogP contribution in [0.15, 0.2) is 83.3 Å². The average Bonchev–Trinajstić information content (AvgIpc) is 2.85. The molecule has 3 aromatic rings. The molecule has 3 aromatic carbocycles. The van der Waals surface area contributed by atoms with E-state index in [2.05, 4.69) is 21.2 Å². The number of hydrogen-bond donors (Lipinski definition) is 1. The number of halogens is 1. The van der Waals surface area contributed by atoms with Crippen molar-refractivity contribution in [3.63, 3.8) is 0 Å². The summed E-state index contributed by atoms with van der Waals surface area (Å²) in [5.41, 5.74) is 1.10. The van der Waals surface area contributed by atoms with Crippen LogP contribution in [0, 0.1) is 0 Å². The van der Waals surface area contributed by atoms with Crippen molar-refractivity contribution in [2.45, 2.75) is 39.4 Å². The van der Waals surface area contributed by atoms with Gasteiger partial charge in [0.15, 0.2) is 0 Å². The van der Waals surface area contributed by atoms with E-state index in [0.29, 0.717) is 17.2 Å². The lowest BCUT2D eigenvalue weighted by atomic mass is 10.1. The van der Waals surface area contributed by atoms with E-state index in [1.165, 1.54) is 4.90 Å². The van der Waals surface area contributed by atoms with Gasteiger partial charge in [-0.1, -0.05) is 46.3 Å². The number of carbonyl (C=O) groups excluding carboxylic acids is 2. The molecule has 38 heavy (non-hydrogen) atoms. The number of benzene rings is 3. The van der Waals surface area contributed by atoms with Gasteiger partial charge in [0, 0.05) is 17.1 Å². The molecular weight excluding hydrogens is 570 g/mol. The van der Waals surface area contributed by atoms with E-state index in [1.54, 1.807) is 31.2 Å². The van der Waals surface area contributed by atoms with Crippen molar-refractivity contribution < 1.29 is 22.7 Å². The minimum Gasteiger partial charge on any atom is -0.457 e. The quantitative estimate of drug-likeness (QED) is 0.335. The van der Waals surface area contributed by atoms with Crippen LogP contribution in [0.4, 0.5) is 5.69 Å². The molecule has 10 heteroatoms. The number of carbonyl (C=O) groups is 2. The van der Waals surface area contributed by atoms with E-state index in [1.807, 2.05) is 68.4 Å². The van der Waals surface area contributed by atoms with Crippen LogP contribution in [-0.2, 0) is 26.2 Å². The summed E-state index contributed by atoms with van der Waals surface area (Å²) in [6.07, 6.45) is 1.04. The normalized spacial score (nSPS) is 12.1. The highest BCUT2D eigenvalue weighted by Gasteiger charge is 2.30. The third-order valence-corrected chi connectivity index (χ3v) is 7.26. The number of sulfonamides is 1. The third-order valence-electron chi connectivity index (χ3n) is 5.62. The molecule has 2 amide bonds. The standard InChI is InChI=1S/C28H32BrN3O5S/c1-20(2)30-28(34)21(3)31(18-22-9-8-10-23(29)17-22)27(33)19-32(38(4,35)36)24-13-15-26(16-14-24)37-25-11-6-5-7-12-25/h5-17,20-21H,18-19H2,1-4H3,(H,30,34)/t21-/m0/s1. The topological polar surface area (TPSA) is 96.0 Å². The Bertz CT molecular complexity index is 1350. The summed E-state index contributed by atoms with van der Waals surface area (Å²) in [6, 6.07) is 22.1. The molecule has 0 bridgehead atoms. The summed E-state index contributed by atoms with van der Waals surface area (Å²) in [5, 5.41) is 2.83. The monoisotopic (exact) mass is 601 g/mol. The highest BCUT2D eigenvalue weighted by molar-refractivity contribution is 9.10. The first-order valence-electron chi connectivity index (χ1n) is 12.1. The van der Waals surface area contributed by atoms with Crippen molar-refractivity contribution in [2.75, 3.05) is 17.1 Å². The maximum atomic E-state index is 13.6. The number of amides is 2. The summed E-state index contributed by atoms with van der Waals surface area (Å²) in [7, 11) is -3.83. The van der Waals surface area contributed by atoms with Crippen molar-refractivity contribution in [1.82, 2.24) is 10.2 Å². The molecule has 0 heterocycles. The van der Waals surface area contributed by atoms with E-state index >= 15 is 0 Å². The lowest BCUT2D eigenvalue weighted by Crippen LogP contribution is -2.52. The number of hydrogen-bond acceptors (Lipinski definition) is 5. The molecule has 1 atom stereocenters. The molecule has 0 aliphatic rings. The van der Waals surface area contributed by atoms with Crippen LogP contribution in [0.25, 0.3) is 0 Å². The largest absolute Gasteiger partial charge is 0.457 e. The van der Waals surface area contributed by atoms with E-state index in [-0.39, 0.29) is 18.5 Å². The van der Waals surface area contributed by atoms with Gasteiger partial charge < -0.3 is 15.0 Å². The lowest BCUT2D eigenvalue weighted by Gasteiger charge is -2.32. The second-order valence-corrected chi connectivity index (χ2v) is 12.0. The number of rotatable bonds is 11. The van der Waals surface area contributed by atoms with Crippen LogP contribution < -0.4 is 14.4 Å². The Labute approximate surface area is 232 Å². The van der Waals surface area contributed by atoms with Crippen LogP contribution in [0.1, 0.15) is 26.3 Å². The summed E-state index contributed by atoms with van der Waals surface area (Å²) >= 11 is 3.43. The minimum atomic E-state index is -3.83. The molecule has 3 rings (SSSR count). The average molecular weight is 603 g/mol. The van der Waals surface area contributed by atoms with Crippen LogP contribution >= 0.6 is 15.9 Å². The van der Waals surface area contributed by atoms with E-state index in [4.69, 9.17) is 4.74 Å². The zero-order valence-corrected chi connectivity index (χ0v) is 24.2. The van der Waals surface area contributed by atoms with Crippen molar-refractivity contribution in [2.24, 2.45) is 0 Å². The Morgan fingerprint density at radius 1 is 0.921 bits per heavy atom. The fourth-order valence-electron chi connectivity index (χ4n) is 3.74. The highest BCUT2D eigenvalue weighted by atomic mass is 79.9. The third kappa shape index (κ3) is 8.32. The number of nitrogens with zero attached hydrogens (tertiary/aromatic N) is 2. The van der Waals surface area contributed by atoms with Crippen LogP contribution in [-0.4, -0.2) is 50.0 Å². The van der Waals surface area contributed by atoms with E-state index in [0.717, 1.165) is 20.6 Å². The van der Waals surface area contributed by atoms with E-state index < -0.39 is 28.5 Å². The molecule has 0 aliphatic heterocycles. The predicted octanol–water partition coefficient (Wildman–Crippen LogP) is 4.95. The fourth-order valence-corrected chi connectivity index (χ4v) is 5.03. The van der Waals surface area contributed by atoms with Crippen molar-refractivity contribution in [3.8, 4) is 11.5 Å². The van der Waals surface area contributed by atoms with Crippen molar-refractivity contribution in [1.29, 1.82) is 0 Å². The maximum absolute atomic E-state index is 13.6. The summed E-state index contributed by atoms with van der Waals surface area (Å²) in [4.78, 5) is 27.8. The lowest BCUT2D eigenvalue weighted by molar-refractivity contribution is -0.139. The molecular formula is C28H32BrN3O5S. The smallest absolute Gasteiger partial charge is 0.244 e. The Kier molecular flexibility index (Phi) is 9.93. The fraction of sp³-hybridized carbons (Fsp3) is 0.286. The van der Waals surface area contributed by atoms with Gasteiger partial charge in [-0.15, -0.1) is 0 Å². The van der Waals surface area contributed by atoms with Gasteiger partial charge in [0.1, 0.15) is 24.1 Å². The zero-order chi connectivity index (χ0) is 27.9. The molecule has 0 saturated carbocycles. The Morgan fingerprint density at radius 2 is 1.55 bits per heavy atom. The molecule has 0 radical (unpaired) electrons. The van der Waals surface area contributed by atoms with Crippen LogP contribution in [0.5, 0.6) is 11.5 Å². The second-order valence-electron chi connectivity index (χ2n) is 9.17. The molecule has 1 N–H and O–H groups in total. The first-order valence-corrected chi connectivity index (χ1v) is 14.7. The number of anilines is 1. The van der Waals surface area contributed by atoms with Gasteiger partial charge in [0.05, 0.1) is 11.9 Å². The van der Waals surface area contributed by atoms with Crippen LogP contribution in [0.3, 0.4) is 0 Å². The number of nitrogens with one attached hydrogen (secondary N) is 1. The van der Waals surface area contributed by atoms with Gasteiger partial charge in [-0.2, -0.15) is 0 Å². The van der Waals surface area contributed by atoms with Crippen LogP contribution in [0.2, 0.25) is 0 Å². The molecule has 0 fully saturated rings. The number of para-hydroxylation sites is 1. The van der Waals surface area contributed by atoms with Gasteiger partial charge >= 0.3 is 0 Å². The molecule has 0 saturated heterocycles. The molecule has 202 valence electrons. The summed E-state index contributed by atoms with van der Waals surface area (Å²) in [6.45, 7) is 4.97. The van der Waals surface area contributed by atoms with Gasteiger partial charge in [0.25, 0.3) is 0 Å². The SMILES string of the molecule is CC(C)NC(=O)[C@H](C)N(Cc1cccc(Br)c1)C(=O)CN(c1ccc(Oc2ccccc2)cc1)S(C)(=O)=O. The first-order chi connectivity index (χ1) is 17.9. The Morgan fingerprint density at radius 3 is 2.13 bits per heavy atom. The second kappa shape index (κ2) is 12.9. The Hall–Kier alpha value is -3.37. The molecule has 8 nitrogen and oxygen atoms in total. The van der Waals surface area contributed by atoms with Gasteiger partial charge in [-0.25, -0.2) is 8.42 Å².